The second kappa shape index (κ2) is 7.59. The summed E-state index contributed by atoms with van der Waals surface area (Å²) in [7, 11) is 0. The minimum Gasteiger partial charge on any atom is -0.354 e. The van der Waals surface area contributed by atoms with Crippen LogP contribution < -0.4 is 10.9 Å². The lowest BCUT2D eigenvalue weighted by Crippen LogP contribution is -2.35. The Morgan fingerprint density at radius 3 is 2.89 bits per heavy atom. The van der Waals surface area contributed by atoms with Gasteiger partial charge in [0.1, 0.15) is 17.9 Å². The van der Waals surface area contributed by atoms with E-state index in [0.29, 0.717) is 18.5 Å². The van der Waals surface area contributed by atoms with E-state index in [-0.39, 0.29) is 18.0 Å². The van der Waals surface area contributed by atoms with Crippen molar-refractivity contribution in [3.63, 3.8) is 0 Å². The molecule has 0 fully saturated rings. The predicted octanol–water partition coefficient (Wildman–Crippen LogP) is 1.98. The van der Waals surface area contributed by atoms with Crippen LogP contribution in [0, 0.1) is 6.92 Å². The largest absolute Gasteiger partial charge is 0.354 e. The van der Waals surface area contributed by atoms with Gasteiger partial charge in [0.25, 0.3) is 5.56 Å². The lowest BCUT2D eigenvalue weighted by Gasteiger charge is -2.10. The fourth-order valence-corrected chi connectivity index (χ4v) is 4.29. The summed E-state index contributed by atoms with van der Waals surface area (Å²) >= 11 is 1.66. The number of nitrogens with one attached hydrogen (secondary N) is 1. The quantitative estimate of drug-likeness (QED) is 0.482. The molecule has 0 atom stereocenters. The third kappa shape index (κ3) is 3.45. The van der Waals surface area contributed by atoms with Crippen LogP contribution in [-0.4, -0.2) is 36.2 Å². The molecule has 0 bridgehead atoms. The SMILES string of the molecule is CCc1nn(CC(=O)NCCCn2ccnc2)c(=O)c2cc3sc(C)cc3n12. The lowest BCUT2D eigenvalue weighted by molar-refractivity contribution is -0.121. The monoisotopic (exact) mass is 398 g/mol. The van der Waals surface area contributed by atoms with Gasteiger partial charge in [-0.2, -0.15) is 5.10 Å². The zero-order valence-electron chi connectivity index (χ0n) is 15.9. The summed E-state index contributed by atoms with van der Waals surface area (Å²) in [6.07, 6.45) is 6.82. The molecule has 28 heavy (non-hydrogen) atoms. The van der Waals surface area contributed by atoms with Crippen LogP contribution in [-0.2, 0) is 24.3 Å². The Morgan fingerprint density at radius 2 is 2.14 bits per heavy atom. The molecule has 0 aliphatic carbocycles. The summed E-state index contributed by atoms with van der Waals surface area (Å²) in [6, 6.07) is 3.97. The third-order valence-corrected chi connectivity index (χ3v) is 5.63. The van der Waals surface area contributed by atoms with E-state index in [2.05, 4.69) is 28.4 Å². The maximum atomic E-state index is 12.9. The molecule has 1 amide bonds. The van der Waals surface area contributed by atoms with E-state index in [0.717, 1.165) is 29.0 Å². The average Bonchev–Trinajstić information content (AvgIpc) is 3.37. The van der Waals surface area contributed by atoms with Crippen molar-refractivity contribution in [1.82, 2.24) is 29.0 Å². The summed E-state index contributed by atoms with van der Waals surface area (Å²) in [6.45, 7) is 5.29. The van der Waals surface area contributed by atoms with Gasteiger partial charge in [-0.05, 0) is 25.5 Å². The number of carbonyl (C=O) groups is 1. The topological polar surface area (TPSA) is 86.2 Å². The van der Waals surface area contributed by atoms with Gasteiger partial charge in [0.2, 0.25) is 5.91 Å². The van der Waals surface area contributed by atoms with Gasteiger partial charge >= 0.3 is 0 Å². The number of rotatable bonds is 7. The van der Waals surface area contributed by atoms with E-state index < -0.39 is 0 Å². The zero-order valence-corrected chi connectivity index (χ0v) is 16.7. The highest BCUT2D eigenvalue weighted by Crippen LogP contribution is 2.28. The summed E-state index contributed by atoms with van der Waals surface area (Å²) in [5.41, 5.74) is 1.34. The number of amides is 1. The van der Waals surface area contributed by atoms with E-state index >= 15 is 0 Å². The Bertz CT molecular complexity index is 1180. The van der Waals surface area contributed by atoms with Crippen LogP contribution in [0.5, 0.6) is 0 Å². The van der Waals surface area contributed by atoms with Gasteiger partial charge in [0.05, 0.1) is 16.5 Å². The fraction of sp³-hybridized carbons (Fsp3) is 0.368. The Labute approximate surface area is 165 Å². The lowest BCUT2D eigenvalue weighted by atomic mass is 10.4. The predicted molar refractivity (Wildman–Crippen MR) is 109 cm³/mol. The Morgan fingerprint density at radius 1 is 1.29 bits per heavy atom. The average molecular weight is 398 g/mol. The van der Waals surface area contributed by atoms with Crippen molar-refractivity contribution in [2.45, 2.75) is 39.8 Å². The van der Waals surface area contributed by atoms with E-state index in [1.165, 1.54) is 9.56 Å². The highest BCUT2D eigenvalue weighted by atomic mass is 32.1. The van der Waals surface area contributed by atoms with Gasteiger partial charge in [0, 0.05) is 36.8 Å². The number of hydrogen-bond acceptors (Lipinski definition) is 5. The van der Waals surface area contributed by atoms with Crippen molar-refractivity contribution in [3.8, 4) is 0 Å². The Kier molecular flexibility index (Phi) is 4.99. The molecule has 1 N–H and O–H groups in total. The van der Waals surface area contributed by atoms with Crippen LogP contribution in [0.1, 0.15) is 24.0 Å². The number of carbonyl (C=O) groups excluding carboxylic acids is 1. The van der Waals surface area contributed by atoms with E-state index in [1.807, 2.05) is 28.2 Å². The minimum atomic E-state index is -0.244. The number of fused-ring (bicyclic) bond motifs is 3. The molecule has 0 radical (unpaired) electrons. The van der Waals surface area contributed by atoms with Crippen molar-refractivity contribution in [1.29, 1.82) is 0 Å². The van der Waals surface area contributed by atoms with Crippen LogP contribution in [0.15, 0.2) is 35.6 Å². The molecule has 0 unspecified atom stereocenters. The van der Waals surface area contributed by atoms with Gasteiger partial charge in [-0.3, -0.25) is 14.0 Å². The second-order valence-electron chi connectivity index (χ2n) is 6.71. The first kappa shape index (κ1) is 18.4. The van der Waals surface area contributed by atoms with Crippen molar-refractivity contribution in [3.05, 3.63) is 51.9 Å². The van der Waals surface area contributed by atoms with Crippen LogP contribution in [0.4, 0.5) is 0 Å². The molecule has 4 aromatic rings. The summed E-state index contributed by atoms with van der Waals surface area (Å²) in [5, 5.41) is 7.32. The van der Waals surface area contributed by atoms with Crippen LogP contribution in [0.2, 0.25) is 0 Å². The second-order valence-corrected chi connectivity index (χ2v) is 8.00. The number of imidazole rings is 1. The van der Waals surface area contributed by atoms with E-state index in [9.17, 15) is 9.59 Å². The van der Waals surface area contributed by atoms with Gasteiger partial charge in [0.15, 0.2) is 0 Å². The van der Waals surface area contributed by atoms with Crippen molar-refractivity contribution >= 4 is 33.0 Å². The van der Waals surface area contributed by atoms with Gasteiger partial charge in [-0.25, -0.2) is 9.67 Å². The molecule has 4 rings (SSSR count). The number of nitrogens with zero attached hydrogens (tertiary/aromatic N) is 5. The summed E-state index contributed by atoms with van der Waals surface area (Å²) < 4.78 is 6.21. The van der Waals surface area contributed by atoms with Crippen LogP contribution in [0.25, 0.3) is 15.7 Å². The minimum absolute atomic E-state index is 0.0781. The van der Waals surface area contributed by atoms with Crippen LogP contribution >= 0.6 is 11.3 Å². The Hall–Kier alpha value is -2.94. The van der Waals surface area contributed by atoms with Crippen molar-refractivity contribution in [2.75, 3.05) is 6.54 Å². The molecule has 146 valence electrons. The normalized spacial score (nSPS) is 11.5. The number of hydrogen-bond donors (Lipinski definition) is 1. The molecule has 0 saturated carbocycles. The zero-order chi connectivity index (χ0) is 19.7. The maximum absolute atomic E-state index is 12.9. The number of aromatic nitrogens is 5. The van der Waals surface area contributed by atoms with E-state index in [1.54, 1.807) is 23.9 Å². The Balaban J connectivity index is 1.51. The first-order valence-corrected chi connectivity index (χ1v) is 10.1. The number of thiophene rings is 1. The smallest absolute Gasteiger partial charge is 0.291 e. The summed E-state index contributed by atoms with van der Waals surface area (Å²) in [5.74, 6) is 0.561. The first-order chi connectivity index (χ1) is 13.6. The van der Waals surface area contributed by atoms with Crippen molar-refractivity contribution < 1.29 is 4.79 Å². The highest BCUT2D eigenvalue weighted by molar-refractivity contribution is 7.19. The first-order valence-electron chi connectivity index (χ1n) is 9.31. The molecule has 0 spiro atoms. The van der Waals surface area contributed by atoms with Gasteiger partial charge in [-0.1, -0.05) is 6.92 Å². The molecular formula is C19H22N6O2S. The van der Waals surface area contributed by atoms with Crippen LogP contribution in [0.3, 0.4) is 0 Å². The molecule has 4 aromatic heterocycles. The molecular weight excluding hydrogens is 376 g/mol. The molecule has 4 heterocycles. The fourth-order valence-electron chi connectivity index (χ4n) is 3.35. The number of aryl methyl sites for hydroxylation is 3. The standard InChI is InChI=1S/C19H22N6O2S/c1-3-17-22-24(11-18(26)21-5-4-7-23-8-6-20-12-23)19(27)15-10-16-14(25(15)17)9-13(2)28-16/h6,8-10,12H,3-5,7,11H2,1-2H3,(H,21,26). The molecule has 0 aliphatic rings. The van der Waals surface area contributed by atoms with Gasteiger partial charge in [-0.15, -0.1) is 11.3 Å². The third-order valence-electron chi connectivity index (χ3n) is 4.64. The molecule has 0 saturated heterocycles. The molecule has 0 aromatic carbocycles. The molecule has 9 heteroatoms. The maximum Gasteiger partial charge on any atom is 0.291 e. The molecule has 0 aliphatic heterocycles. The molecule has 8 nitrogen and oxygen atoms in total. The van der Waals surface area contributed by atoms with Gasteiger partial charge < -0.3 is 9.88 Å². The highest BCUT2D eigenvalue weighted by Gasteiger charge is 2.16. The van der Waals surface area contributed by atoms with E-state index in [4.69, 9.17) is 0 Å². The van der Waals surface area contributed by atoms with Crippen molar-refractivity contribution in [2.24, 2.45) is 0 Å². The summed E-state index contributed by atoms with van der Waals surface area (Å²) in [4.78, 5) is 30.3.